The zero-order valence-electron chi connectivity index (χ0n) is 81.0. The number of nitrogens with zero attached hydrogens (tertiary/aromatic N) is 10. The van der Waals surface area contributed by atoms with Crippen molar-refractivity contribution in [3.05, 3.63) is 194 Å². The van der Waals surface area contributed by atoms with E-state index in [1.807, 2.05) is 129 Å². The number of nitro benzene ring substituents is 1. The average Bonchev–Trinajstić information content (AvgIpc) is 1.58. The van der Waals surface area contributed by atoms with E-state index < -0.39 is 115 Å². The number of anilines is 4. The molecule has 4 aliphatic rings. The van der Waals surface area contributed by atoms with Gasteiger partial charge in [-0.3, -0.25) is 58.3 Å². The van der Waals surface area contributed by atoms with Crippen LogP contribution in [0, 0.1) is 63.8 Å². The number of thiazole rings is 2. The van der Waals surface area contributed by atoms with E-state index in [1.165, 1.54) is 47.9 Å². The van der Waals surface area contributed by atoms with Gasteiger partial charge < -0.3 is 78.8 Å². The summed E-state index contributed by atoms with van der Waals surface area (Å²) >= 11 is 14.2. The molecule has 12 rings (SSSR count). The first-order valence-corrected chi connectivity index (χ1v) is 48.3. The lowest BCUT2D eigenvalue weighted by Crippen LogP contribution is -2.58. The van der Waals surface area contributed by atoms with Gasteiger partial charge in [0.1, 0.15) is 73.0 Å². The highest BCUT2D eigenvalue weighted by atomic mass is 32.1. The van der Waals surface area contributed by atoms with Gasteiger partial charge in [-0.25, -0.2) is 14.4 Å². The van der Waals surface area contributed by atoms with Crippen molar-refractivity contribution in [2.75, 3.05) is 125 Å². The highest BCUT2D eigenvalue weighted by Crippen LogP contribution is 2.45. The number of hydrogen-bond acceptors (Lipinski definition) is 25. The number of likely N-dealkylation sites (tertiary alicyclic amines) is 2. The Kier molecular flexibility index (Phi) is 37.2. The number of amides is 8. The van der Waals surface area contributed by atoms with Gasteiger partial charge in [-0.05, 0) is 190 Å². The minimum absolute atomic E-state index is 0.0264. The van der Waals surface area contributed by atoms with Crippen LogP contribution in [0.1, 0.15) is 135 Å². The molecule has 4 aliphatic heterocycles. The molecule has 0 saturated carbocycles. The van der Waals surface area contributed by atoms with E-state index in [1.54, 1.807) is 70.6 Å². The van der Waals surface area contributed by atoms with Crippen LogP contribution in [0.3, 0.4) is 0 Å². The standard InChI is InChI=1S/C50H57F4N7O8S2.C49H58F3N7O10S2/c1-30-22-39(44(63)56-26-32-8-10-33(11-9-32)42-31(2)57-29-71-42)59(27-30)45(64)43(48(3,4)5)58-41(62)28-68-19-18-66-16-17-67-20-21-69-40-15-14-36(24-38(40)51)61-47(70)60(46(65)49(61,6)7)35-13-12-34(25-55)37(23-35)50(52,53)54;1-30-24-39(43(61)53-26-32-8-10-33(11-9-32)41-31(2)54-29-71-41)56(27-30)44(62)42(47(3,4)5)55-40(60)28-68-21-20-66-18-19-67-22-23-69-36-15-12-34(13-16-36)58-46(70)57(45(63)48(58,6)7)35-14-17-38(59(64)65)37(25-35)49(50,51)52/h8-15,23-24,29-30,39,43H,16-22,26-28H2,1-7H3,(H,56,63)(H,58,62);8-17,25,29-30,39,42H,18-24,26-28H2,1-7H3,(H,53,61)(H,55,60)/t30-,39+,43-;30-,39+,42-/m11/s1. The molecular weight excluding hydrogens is 1930 g/mol. The molecule has 142 heavy (non-hydrogen) atoms. The van der Waals surface area contributed by atoms with Gasteiger partial charge in [-0.1, -0.05) is 104 Å². The van der Waals surface area contributed by atoms with E-state index in [0.29, 0.717) is 68.7 Å². The highest BCUT2D eigenvalue weighted by Gasteiger charge is 2.54. The molecule has 8 amide bonds. The van der Waals surface area contributed by atoms with Gasteiger partial charge in [-0.15, -0.1) is 22.7 Å². The number of rotatable bonds is 41. The van der Waals surface area contributed by atoms with Gasteiger partial charge in [0.2, 0.25) is 35.4 Å². The molecule has 2 aromatic heterocycles. The lowest BCUT2D eigenvalue weighted by molar-refractivity contribution is -0.388. The van der Waals surface area contributed by atoms with E-state index in [0.717, 1.165) is 71.4 Å². The molecule has 4 fully saturated rings. The number of halogens is 7. The fraction of sp³-hybridized carbons (Fsp3) is 0.465. The predicted octanol–water partition coefficient (Wildman–Crippen LogP) is 15.1. The van der Waals surface area contributed by atoms with Crippen molar-refractivity contribution in [1.29, 1.82) is 5.26 Å². The van der Waals surface area contributed by atoms with E-state index in [-0.39, 0.29) is 161 Å². The summed E-state index contributed by atoms with van der Waals surface area (Å²) < 4.78 is 142. The second-order valence-corrected chi connectivity index (χ2v) is 40.0. The normalized spacial score (nSPS) is 17.4. The van der Waals surface area contributed by atoms with Gasteiger partial charge >= 0.3 is 12.4 Å². The van der Waals surface area contributed by atoms with Crippen LogP contribution < -0.4 is 50.3 Å². The Morgan fingerprint density at radius 1 is 0.528 bits per heavy atom. The minimum Gasteiger partial charge on any atom is -0.491 e. The Balaban J connectivity index is 0.000000271. The minimum atomic E-state index is -5.04. The number of nitriles is 1. The molecule has 32 nitrogen and oxygen atoms in total. The third-order valence-electron chi connectivity index (χ3n) is 23.9. The molecule has 0 radical (unpaired) electrons. The summed E-state index contributed by atoms with van der Waals surface area (Å²) in [7, 11) is 0. The van der Waals surface area contributed by atoms with Gasteiger partial charge in [0.05, 0.1) is 132 Å². The van der Waals surface area contributed by atoms with Crippen molar-refractivity contribution in [2.45, 2.75) is 170 Å². The van der Waals surface area contributed by atoms with E-state index >= 15 is 4.39 Å². The summed E-state index contributed by atoms with van der Waals surface area (Å²) in [5.41, 5.74) is 1.16. The first-order chi connectivity index (χ1) is 67.0. The fourth-order valence-electron chi connectivity index (χ4n) is 16.5. The van der Waals surface area contributed by atoms with Crippen molar-refractivity contribution < 1.29 is 112 Å². The van der Waals surface area contributed by atoms with Crippen LogP contribution in [0.5, 0.6) is 11.5 Å². The quantitative estimate of drug-likeness (QED) is 0.00909. The van der Waals surface area contributed by atoms with Gasteiger partial charge in [0, 0.05) is 49.7 Å². The van der Waals surface area contributed by atoms with E-state index in [9.17, 15) is 80.1 Å². The maximum atomic E-state index is 15.3. The third kappa shape index (κ3) is 27.6. The summed E-state index contributed by atoms with van der Waals surface area (Å²) in [6, 6.07) is 29.8. The first-order valence-electron chi connectivity index (χ1n) is 45.7. The second kappa shape index (κ2) is 47.8. The zero-order chi connectivity index (χ0) is 104. The molecule has 4 saturated heterocycles. The van der Waals surface area contributed by atoms with E-state index in [4.69, 9.17) is 62.3 Å². The number of ether oxygens (including phenoxy) is 8. The number of aryl methyl sites for hydroxylation is 2. The number of nitrogens with one attached hydrogen (secondary N) is 4. The molecule has 6 heterocycles. The highest BCUT2D eigenvalue weighted by molar-refractivity contribution is 7.81. The molecule has 8 aromatic rings. The Labute approximate surface area is 836 Å². The van der Waals surface area contributed by atoms with Crippen LogP contribution in [0.15, 0.2) is 138 Å². The number of nitro groups is 1. The smallest absolute Gasteiger partial charge is 0.423 e. The lowest BCUT2D eigenvalue weighted by Gasteiger charge is -2.35. The van der Waals surface area contributed by atoms with Crippen LogP contribution in [-0.2, 0) is 92.2 Å². The summed E-state index contributed by atoms with van der Waals surface area (Å²) in [5.74, 6) is -3.66. The van der Waals surface area contributed by atoms with Crippen molar-refractivity contribution in [1.82, 2.24) is 41.0 Å². The molecular formula is C99H115F7N14O18S4. The van der Waals surface area contributed by atoms with Crippen LogP contribution in [0.4, 0.5) is 59.2 Å². The van der Waals surface area contributed by atoms with Crippen LogP contribution in [0.2, 0.25) is 0 Å². The van der Waals surface area contributed by atoms with Gasteiger partial charge in [-0.2, -0.15) is 31.6 Å². The monoisotopic (exact) mass is 2050 g/mol. The van der Waals surface area contributed by atoms with E-state index in [2.05, 4.69) is 31.2 Å². The number of hydrogen-bond donors (Lipinski definition) is 4. The zero-order valence-corrected chi connectivity index (χ0v) is 84.3. The predicted molar refractivity (Wildman–Crippen MR) is 526 cm³/mol. The fourth-order valence-corrected chi connectivity index (χ4v) is 19.1. The maximum Gasteiger partial charge on any atom is 0.423 e. The maximum absolute atomic E-state index is 15.3. The second-order valence-electron chi connectivity index (χ2n) is 37.6. The topological polar surface area (TPSA) is 371 Å². The summed E-state index contributed by atoms with van der Waals surface area (Å²) in [6.07, 6.45) is -8.90. The Morgan fingerprint density at radius 3 is 1.30 bits per heavy atom. The largest absolute Gasteiger partial charge is 0.491 e. The molecule has 6 atom stereocenters. The number of carbonyl (C=O) groups is 8. The van der Waals surface area contributed by atoms with Crippen molar-refractivity contribution in [2.24, 2.45) is 22.7 Å². The number of carbonyl (C=O) groups excluding carboxylic acids is 8. The molecule has 0 aliphatic carbocycles. The van der Waals surface area contributed by atoms with Crippen molar-refractivity contribution in [3.63, 3.8) is 0 Å². The number of benzene rings is 6. The lowest BCUT2D eigenvalue weighted by atomic mass is 9.85. The molecule has 0 unspecified atom stereocenters. The molecule has 43 heteroatoms. The Morgan fingerprint density at radius 2 is 0.908 bits per heavy atom. The summed E-state index contributed by atoms with van der Waals surface area (Å²) in [4.78, 5) is 137. The first kappa shape index (κ1) is 110. The number of thiocarbonyl (C=S) groups is 2. The average molecular weight is 2050 g/mol. The Hall–Kier alpha value is -12.1. The summed E-state index contributed by atoms with van der Waals surface area (Å²) in [6.45, 7) is 27.7. The van der Waals surface area contributed by atoms with Crippen molar-refractivity contribution in [3.8, 4) is 38.4 Å². The van der Waals surface area contributed by atoms with Crippen molar-refractivity contribution >= 4 is 133 Å². The molecule has 0 spiro atoms. The molecule has 762 valence electrons. The Bertz CT molecular complexity index is 5910. The van der Waals surface area contributed by atoms with Crippen LogP contribution in [-0.4, -0.2) is 223 Å². The number of alkyl halides is 6. The molecule has 0 bridgehead atoms. The molecule has 6 aromatic carbocycles. The third-order valence-corrected chi connectivity index (χ3v) is 26.5. The van der Waals surface area contributed by atoms with Gasteiger partial charge in [0.15, 0.2) is 21.8 Å². The SMILES string of the molecule is Cc1ncsc1-c1ccc(CNC(=O)[C@@H]2C[C@@H](C)CN2C(=O)[C@@H](NC(=O)COCCOCCOCCOc2ccc(N3C(=S)N(c4ccc(C#N)c(C(F)(F)F)c4)C(=O)C3(C)C)cc2F)C(C)(C)C)cc1.Cc1ncsc1-c1ccc(CNC(=O)[C@@H]2C[C@@H](C)CN2C(=O)[C@@H](NC(=O)COCCOCCOCCOc2ccc(N3C(=S)N(c4ccc([N+](=O)[O-])c(C(F)(F)F)c4)C(=O)C3(C)C)cc2)C(C)(C)C)cc1. The van der Waals surface area contributed by atoms with Crippen LogP contribution >= 0.6 is 47.1 Å². The van der Waals surface area contributed by atoms with Gasteiger partial charge in [0.25, 0.3) is 17.5 Å². The summed E-state index contributed by atoms with van der Waals surface area (Å²) in [5, 5.41) is 31.8. The molecule has 4 N–H and O–H groups in total. The van der Waals surface area contributed by atoms with Crippen LogP contribution in [0.25, 0.3) is 20.9 Å². The number of aromatic nitrogens is 2.